The van der Waals surface area contributed by atoms with Gasteiger partial charge >= 0.3 is 20.0 Å². The lowest BCUT2D eigenvalue weighted by atomic mass is 10.2. The van der Waals surface area contributed by atoms with E-state index in [4.69, 9.17) is 10.2 Å². The molecule has 0 aliphatic heterocycles. The fourth-order valence-corrected chi connectivity index (χ4v) is 0.839. The summed E-state index contributed by atoms with van der Waals surface area (Å²) in [5.41, 5.74) is -0.479. The highest BCUT2D eigenvalue weighted by Crippen LogP contribution is 2.19. The molecule has 0 bridgehead atoms. The lowest BCUT2D eigenvalue weighted by Crippen LogP contribution is -2.04. The van der Waals surface area contributed by atoms with Crippen LogP contribution in [0.1, 0.15) is 20.8 Å². The van der Waals surface area contributed by atoms with Crippen molar-refractivity contribution < 1.29 is 29.3 Å². The van der Waals surface area contributed by atoms with Gasteiger partial charge in [-0.05, 0) is 26.8 Å². The molecule has 0 aromatic heterocycles. The van der Waals surface area contributed by atoms with Crippen LogP contribution in [0.2, 0.25) is 0 Å². The van der Waals surface area contributed by atoms with Gasteiger partial charge in [0, 0.05) is 11.1 Å². The van der Waals surface area contributed by atoms with Crippen LogP contribution in [-0.2, 0) is 14.2 Å². The second-order valence-corrected chi connectivity index (χ2v) is 4.65. The maximum Gasteiger partial charge on any atom is 0.331 e. The fourth-order valence-electron chi connectivity index (χ4n) is 0.494. The van der Waals surface area contributed by atoms with E-state index in [1.807, 2.05) is 0 Å². The summed E-state index contributed by atoms with van der Waals surface area (Å²) in [5, 5.41) is 16.2. The Labute approximate surface area is 100 Å². The number of carboxylic acid groups (broad SMARTS) is 2. The first-order valence-electron chi connectivity index (χ1n) is 4.53. The largest absolute Gasteiger partial charge is 0.595 e. The Kier molecular flexibility index (Phi) is 9.05. The van der Waals surface area contributed by atoms with Crippen LogP contribution in [0.25, 0.3) is 0 Å². The van der Waals surface area contributed by atoms with Crippen LogP contribution in [0, 0.1) is 0 Å². The first-order valence-corrected chi connectivity index (χ1v) is 5.78. The highest BCUT2D eigenvalue weighted by atomic mass is 31.1. The Hall–Kier alpha value is -1.52. The van der Waals surface area contributed by atoms with Crippen LogP contribution >= 0.6 is 8.03 Å². The first kappa shape index (κ1) is 17.9. The lowest BCUT2D eigenvalue weighted by Gasteiger charge is -1.95. The lowest BCUT2D eigenvalue weighted by molar-refractivity contribution is -0.165. The molecular formula is C10H15O6P. The minimum absolute atomic E-state index is 0.0525. The summed E-state index contributed by atoms with van der Waals surface area (Å²) < 4.78 is 10.3. The molecule has 0 heterocycles. The van der Waals surface area contributed by atoms with Crippen LogP contribution in [-0.4, -0.2) is 27.8 Å². The van der Waals surface area contributed by atoms with Crippen molar-refractivity contribution in [1.82, 2.24) is 0 Å². The monoisotopic (exact) mass is 262 g/mol. The van der Waals surface area contributed by atoms with Gasteiger partial charge in [-0.15, -0.1) is 0 Å². The zero-order chi connectivity index (χ0) is 14.2. The quantitative estimate of drug-likeness (QED) is 0.580. The van der Waals surface area contributed by atoms with Crippen molar-refractivity contribution in [2.75, 3.05) is 0 Å². The molecule has 0 fully saturated rings. The summed E-state index contributed by atoms with van der Waals surface area (Å²) >= 11 is 0. The maximum absolute atomic E-state index is 10.3. The first-order chi connectivity index (χ1) is 7.59. The number of allylic oxidation sites excluding steroid dienone is 1. The van der Waals surface area contributed by atoms with Gasteiger partial charge in [-0.3, -0.25) is 0 Å². The molecule has 2 unspecified atom stereocenters. The van der Waals surface area contributed by atoms with E-state index in [1.165, 1.54) is 26.8 Å². The highest BCUT2D eigenvalue weighted by Gasteiger charge is 2.13. The van der Waals surface area contributed by atoms with E-state index < -0.39 is 25.6 Å². The van der Waals surface area contributed by atoms with Crippen molar-refractivity contribution in [3.05, 3.63) is 23.8 Å². The van der Waals surface area contributed by atoms with Gasteiger partial charge in [0.1, 0.15) is 0 Å². The summed E-state index contributed by atoms with van der Waals surface area (Å²) in [6, 6.07) is 0. The number of carboxylic acids is 2. The van der Waals surface area contributed by atoms with E-state index in [2.05, 4.69) is 6.58 Å². The minimum Gasteiger partial charge on any atom is -0.595 e. The molecular weight excluding hydrogens is 247 g/mol. The minimum atomic E-state index is -2.56. The molecule has 0 aliphatic rings. The van der Waals surface area contributed by atoms with Crippen LogP contribution in [0.3, 0.4) is 0 Å². The molecule has 0 amide bonds. The molecule has 0 rings (SSSR count). The predicted octanol–water partition coefficient (Wildman–Crippen LogP) is 1.16. The summed E-state index contributed by atoms with van der Waals surface area (Å²) in [6.07, 6.45) is 1.20. The van der Waals surface area contributed by atoms with Crippen LogP contribution in [0.15, 0.2) is 23.8 Å². The van der Waals surface area contributed by atoms with Crippen molar-refractivity contribution in [2.24, 2.45) is 0 Å². The Morgan fingerprint density at radius 2 is 1.65 bits per heavy atom. The van der Waals surface area contributed by atoms with E-state index in [0.717, 1.165) is 0 Å². The normalized spacial score (nSPS) is 12.9. The Morgan fingerprint density at radius 3 is 1.82 bits per heavy atom. The molecule has 7 heteroatoms. The van der Waals surface area contributed by atoms with Crippen molar-refractivity contribution in [3.63, 3.8) is 0 Å². The van der Waals surface area contributed by atoms with E-state index >= 15 is 0 Å². The average molecular weight is 262 g/mol. The molecule has 96 valence electrons. The van der Waals surface area contributed by atoms with E-state index in [0.29, 0.717) is 0 Å². The summed E-state index contributed by atoms with van der Waals surface area (Å²) in [6.45, 7) is 7.39. The third kappa shape index (κ3) is 10.8. The van der Waals surface area contributed by atoms with Gasteiger partial charge in [0.2, 0.25) is 0 Å². The van der Waals surface area contributed by atoms with Gasteiger partial charge in [-0.2, -0.15) is 0 Å². The van der Waals surface area contributed by atoms with Gasteiger partial charge in [0.15, 0.2) is 5.66 Å². The molecule has 0 aliphatic carbocycles. The molecule has 2 atom stereocenters. The summed E-state index contributed by atoms with van der Waals surface area (Å²) in [7, 11) is -2.56. The zero-order valence-electron chi connectivity index (χ0n) is 9.84. The predicted molar refractivity (Wildman–Crippen MR) is 60.9 cm³/mol. The zero-order valence-corrected chi connectivity index (χ0v) is 10.7. The third-order valence-corrected chi connectivity index (χ3v) is 2.34. The highest BCUT2D eigenvalue weighted by molar-refractivity contribution is 7.37. The Bertz CT molecular complexity index is 346. The van der Waals surface area contributed by atoms with E-state index in [9.17, 15) is 19.0 Å². The van der Waals surface area contributed by atoms with Crippen molar-refractivity contribution in [1.29, 1.82) is 0 Å². The smallest absolute Gasteiger partial charge is 0.331 e. The van der Waals surface area contributed by atoms with Crippen LogP contribution < -0.4 is 4.89 Å². The topological polar surface area (TPSA) is 115 Å². The standard InChI is InChI=1S/C6H9O4P.C4H6O2/c1-4(6(7)8)3-5(2)11(9)10;1-3(2)4(5)6/h3,5H,1-2H3,(H,7,8);1H2,2H3,(H,5,6). The molecule has 0 aromatic rings. The van der Waals surface area contributed by atoms with Gasteiger partial charge in [-0.1, -0.05) is 11.1 Å². The molecule has 0 spiro atoms. The third-order valence-electron chi connectivity index (χ3n) is 1.53. The number of aliphatic carboxylic acids is 2. The average Bonchev–Trinajstić information content (AvgIpc) is 2.17. The van der Waals surface area contributed by atoms with Crippen LogP contribution in [0.5, 0.6) is 0 Å². The molecule has 0 saturated carbocycles. The molecule has 17 heavy (non-hydrogen) atoms. The number of rotatable bonds is 4. The van der Waals surface area contributed by atoms with Gasteiger partial charge < -0.3 is 15.1 Å². The van der Waals surface area contributed by atoms with Crippen LogP contribution in [0.4, 0.5) is 0 Å². The van der Waals surface area contributed by atoms with E-state index in [1.54, 1.807) is 0 Å². The number of carbonyl (C=O) groups is 2. The molecule has 0 radical (unpaired) electrons. The van der Waals surface area contributed by atoms with Gasteiger partial charge in [0.25, 0.3) is 0 Å². The molecule has 0 aromatic carbocycles. The second kappa shape index (κ2) is 8.61. The number of hydrogen-bond donors (Lipinski definition) is 2. The van der Waals surface area contributed by atoms with Crippen molar-refractivity contribution >= 4 is 20.0 Å². The fraction of sp³-hybridized carbons (Fsp3) is 0.400. The maximum atomic E-state index is 10.3. The summed E-state index contributed by atoms with van der Waals surface area (Å²) in [4.78, 5) is 30.0. The van der Waals surface area contributed by atoms with Crippen molar-refractivity contribution in [3.8, 4) is 0 Å². The molecule has 6 nitrogen and oxygen atoms in total. The van der Waals surface area contributed by atoms with Gasteiger partial charge in [0.05, 0.1) is 0 Å². The second-order valence-electron chi connectivity index (χ2n) is 3.27. The van der Waals surface area contributed by atoms with E-state index in [-0.39, 0.29) is 11.1 Å². The SMILES string of the molecule is C=C(C)C(=O)O.CC(=CC(C)[P+](=O)[O-])C(=O)O. The molecule has 0 saturated heterocycles. The Balaban J connectivity index is 0. The van der Waals surface area contributed by atoms with Crippen molar-refractivity contribution in [2.45, 2.75) is 26.4 Å². The van der Waals surface area contributed by atoms with Gasteiger partial charge in [-0.25, -0.2) is 9.59 Å². The summed E-state index contributed by atoms with van der Waals surface area (Å²) in [5.74, 6) is -2.02. The Morgan fingerprint density at radius 1 is 1.29 bits per heavy atom. The number of hydrogen-bond acceptors (Lipinski definition) is 4. The molecule has 2 N–H and O–H groups in total.